The summed E-state index contributed by atoms with van der Waals surface area (Å²) in [6.07, 6.45) is 7.61. The molecule has 0 N–H and O–H groups in total. The Balaban J connectivity index is 4.48. The van der Waals surface area contributed by atoms with Crippen molar-refractivity contribution in [3.05, 3.63) is 9.84 Å². The molecule has 102 valence electrons. The van der Waals surface area contributed by atoms with Crippen LogP contribution in [0.1, 0.15) is 53.4 Å². The monoisotopic (exact) mass is 368 g/mol. The summed E-state index contributed by atoms with van der Waals surface area (Å²) in [6.45, 7) is 13.7. The molecule has 0 saturated heterocycles. The fourth-order valence-corrected chi connectivity index (χ4v) is 4.29. The largest absolute Gasteiger partial charge is 0.543 e. The fraction of sp³-hybridized carbons (Fsp3) is 0.857. The van der Waals surface area contributed by atoms with E-state index in [0.717, 1.165) is 3.77 Å². The molecule has 0 radical (unpaired) electrons. The van der Waals surface area contributed by atoms with E-state index in [2.05, 4.69) is 69.5 Å². The maximum Gasteiger partial charge on any atom is 0.230 e. The lowest BCUT2D eigenvalue weighted by atomic mass is 9.78. The highest BCUT2D eigenvalue weighted by Gasteiger charge is 2.22. The van der Waals surface area contributed by atoms with Gasteiger partial charge in [-0.15, -0.1) is 0 Å². The van der Waals surface area contributed by atoms with Gasteiger partial charge in [-0.25, -0.2) is 0 Å². The first-order valence-corrected chi connectivity index (χ1v) is 10.7. The van der Waals surface area contributed by atoms with Crippen molar-refractivity contribution in [3.8, 4) is 0 Å². The van der Waals surface area contributed by atoms with Crippen LogP contribution >= 0.6 is 22.6 Å². The highest BCUT2D eigenvalue weighted by Crippen LogP contribution is 2.33. The molecule has 0 aliphatic heterocycles. The van der Waals surface area contributed by atoms with Gasteiger partial charge in [-0.1, -0.05) is 47.0 Å². The molecule has 0 rings (SSSR count). The Bertz CT molecular complexity index is 231. The molecule has 0 fully saturated rings. The van der Waals surface area contributed by atoms with Crippen LogP contribution in [0.25, 0.3) is 0 Å². The van der Waals surface area contributed by atoms with Crippen LogP contribution in [0.2, 0.25) is 13.1 Å². The summed E-state index contributed by atoms with van der Waals surface area (Å²) in [5.74, 6) is 0.633. The molecule has 1 atom stereocenters. The van der Waals surface area contributed by atoms with E-state index in [-0.39, 0.29) is 0 Å². The first-order valence-electron chi connectivity index (χ1n) is 6.81. The van der Waals surface area contributed by atoms with Gasteiger partial charge < -0.3 is 4.43 Å². The molecule has 0 spiro atoms. The van der Waals surface area contributed by atoms with Crippen molar-refractivity contribution in [1.82, 2.24) is 0 Å². The van der Waals surface area contributed by atoms with Crippen molar-refractivity contribution >= 4 is 31.6 Å². The van der Waals surface area contributed by atoms with Crippen LogP contribution in [0.4, 0.5) is 0 Å². The lowest BCUT2D eigenvalue weighted by molar-refractivity contribution is 0.267. The zero-order chi connectivity index (χ0) is 13.5. The third-order valence-corrected chi connectivity index (χ3v) is 4.73. The zero-order valence-electron chi connectivity index (χ0n) is 12.3. The van der Waals surface area contributed by atoms with E-state index in [4.69, 9.17) is 4.43 Å². The zero-order valence-corrected chi connectivity index (χ0v) is 15.7. The average Bonchev–Trinajstić information content (AvgIpc) is 2.13. The number of rotatable bonds is 7. The second-order valence-electron chi connectivity index (χ2n) is 6.11. The van der Waals surface area contributed by atoms with Gasteiger partial charge in [0.1, 0.15) is 3.77 Å². The molecule has 0 saturated carbocycles. The lowest BCUT2D eigenvalue weighted by Crippen LogP contribution is -2.19. The van der Waals surface area contributed by atoms with E-state index in [1.807, 2.05) is 0 Å². The number of allylic oxidation sites excluding steroid dienone is 1. The second kappa shape index (κ2) is 8.56. The van der Waals surface area contributed by atoms with Gasteiger partial charge in [0.25, 0.3) is 0 Å². The SMILES string of the molecule is CCCCC[C@@H](C=C(I)O[SiH](C)C)C(C)(C)C. The smallest absolute Gasteiger partial charge is 0.230 e. The van der Waals surface area contributed by atoms with E-state index in [9.17, 15) is 0 Å². The van der Waals surface area contributed by atoms with Crippen molar-refractivity contribution in [2.75, 3.05) is 0 Å². The predicted octanol–water partition coefficient (Wildman–Crippen LogP) is 5.51. The molecule has 0 aromatic carbocycles. The predicted molar refractivity (Wildman–Crippen MR) is 89.2 cm³/mol. The van der Waals surface area contributed by atoms with Gasteiger partial charge in [0, 0.05) is 0 Å². The van der Waals surface area contributed by atoms with Crippen LogP contribution in [0.3, 0.4) is 0 Å². The number of unbranched alkanes of at least 4 members (excludes halogenated alkanes) is 2. The molecule has 0 aliphatic carbocycles. The molecular formula is C14H29IOSi. The van der Waals surface area contributed by atoms with E-state index < -0.39 is 9.04 Å². The maximum atomic E-state index is 5.87. The molecule has 17 heavy (non-hydrogen) atoms. The maximum absolute atomic E-state index is 5.87. The summed E-state index contributed by atoms with van der Waals surface area (Å²) in [5, 5.41) is 0. The van der Waals surface area contributed by atoms with E-state index in [0.29, 0.717) is 11.3 Å². The Labute approximate surface area is 123 Å². The van der Waals surface area contributed by atoms with Crippen LogP contribution in [0.5, 0.6) is 0 Å². The first-order chi connectivity index (χ1) is 7.77. The van der Waals surface area contributed by atoms with Gasteiger partial charge in [0.15, 0.2) is 0 Å². The molecule has 1 nitrogen and oxygen atoms in total. The third kappa shape index (κ3) is 9.11. The highest BCUT2D eigenvalue weighted by molar-refractivity contribution is 14.1. The van der Waals surface area contributed by atoms with E-state index >= 15 is 0 Å². The van der Waals surface area contributed by atoms with Crippen LogP contribution in [-0.4, -0.2) is 9.04 Å². The van der Waals surface area contributed by atoms with Gasteiger partial charge in [0.2, 0.25) is 9.04 Å². The standard InChI is InChI=1S/C14H29IOSi/c1-7-8-9-10-12(14(2,3)4)11-13(15)16-17(5)6/h11-12,17H,7-10H2,1-6H3/t12-/m0/s1. The van der Waals surface area contributed by atoms with Crippen molar-refractivity contribution in [1.29, 1.82) is 0 Å². The first kappa shape index (κ1) is 17.5. The van der Waals surface area contributed by atoms with Gasteiger partial charge in [0.05, 0.1) is 0 Å². The van der Waals surface area contributed by atoms with E-state index in [1.165, 1.54) is 25.7 Å². The summed E-state index contributed by atoms with van der Waals surface area (Å²) < 4.78 is 6.98. The summed E-state index contributed by atoms with van der Waals surface area (Å²) >= 11 is 2.35. The summed E-state index contributed by atoms with van der Waals surface area (Å²) in [7, 11) is -0.950. The number of hydrogen-bond acceptors (Lipinski definition) is 1. The second-order valence-corrected chi connectivity index (χ2v) is 9.50. The summed E-state index contributed by atoms with van der Waals surface area (Å²) in [6, 6.07) is 0. The lowest BCUT2D eigenvalue weighted by Gasteiger charge is -2.29. The minimum absolute atomic E-state index is 0.339. The Hall–Kier alpha value is 0.487. The van der Waals surface area contributed by atoms with Crippen molar-refractivity contribution in [3.63, 3.8) is 0 Å². The Kier molecular flexibility index (Phi) is 8.81. The fourth-order valence-electron chi connectivity index (χ4n) is 1.80. The summed E-state index contributed by atoms with van der Waals surface area (Å²) in [5.41, 5.74) is 0.339. The van der Waals surface area contributed by atoms with Gasteiger partial charge >= 0.3 is 0 Å². The summed E-state index contributed by atoms with van der Waals surface area (Å²) in [4.78, 5) is 0. The van der Waals surface area contributed by atoms with Crippen molar-refractivity contribution in [2.24, 2.45) is 11.3 Å². The van der Waals surface area contributed by atoms with Gasteiger partial charge in [-0.3, -0.25) is 0 Å². The molecule has 0 bridgehead atoms. The number of hydrogen-bond donors (Lipinski definition) is 0. The van der Waals surface area contributed by atoms with E-state index in [1.54, 1.807) is 0 Å². The molecule has 0 unspecified atom stereocenters. The third-order valence-electron chi connectivity index (χ3n) is 2.91. The van der Waals surface area contributed by atoms with Crippen LogP contribution in [0.15, 0.2) is 9.84 Å². The minimum atomic E-state index is -0.950. The topological polar surface area (TPSA) is 9.23 Å². The number of halogens is 1. The van der Waals surface area contributed by atoms with Crippen LogP contribution in [0, 0.1) is 11.3 Å². The molecule has 0 aliphatic rings. The van der Waals surface area contributed by atoms with Crippen LogP contribution in [-0.2, 0) is 4.43 Å². The Morgan fingerprint density at radius 1 is 1.29 bits per heavy atom. The normalized spacial score (nSPS) is 15.2. The Morgan fingerprint density at radius 2 is 1.88 bits per heavy atom. The molecular weight excluding hydrogens is 339 g/mol. The van der Waals surface area contributed by atoms with Gasteiger partial charge in [-0.2, -0.15) is 0 Å². The molecule has 3 heteroatoms. The molecule has 0 aromatic rings. The van der Waals surface area contributed by atoms with Gasteiger partial charge in [-0.05, 0) is 59.5 Å². The van der Waals surface area contributed by atoms with Crippen molar-refractivity contribution in [2.45, 2.75) is 66.5 Å². The molecule has 0 amide bonds. The van der Waals surface area contributed by atoms with Crippen LogP contribution < -0.4 is 0 Å². The molecule has 0 aromatic heterocycles. The molecule has 0 heterocycles. The minimum Gasteiger partial charge on any atom is -0.543 e. The highest BCUT2D eigenvalue weighted by atomic mass is 127. The van der Waals surface area contributed by atoms with Crippen molar-refractivity contribution < 1.29 is 4.43 Å². The quantitative estimate of drug-likeness (QED) is 0.249. The Morgan fingerprint density at radius 3 is 2.29 bits per heavy atom. The average molecular weight is 368 g/mol.